The van der Waals surface area contributed by atoms with Crippen molar-refractivity contribution in [1.29, 1.82) is 0 Å². The van der Waals surface area contributed by atoms with Gasteiger partial charge in [-0.1, -0.05) is 24.3 Å². The van der Waals surface area contributed by atoms with Crippen LogP contribution in [0.2, 0.25) is 0 Å². The molecule has 0 aliphatic carbocycles. The molecule has 116 valence electrons. The molecule has 0 amide bonds. The first-order chi connectivity index (χ1) is 10.8. The number of hydrogen-bond donors (Lipinski definition) is 2. The van der Waals surface area contributed by atoms with Gasteiger partial charge in [-0.2, -0.15) is 0 Å². The molecule has 1 aliphatic rings. The largest absolute Gasteiger partial charge is 0.326 e. The molecule has 3 N–H and O–H groups in total. The highest BCUT2D eigenvalue weighted by atomic mass is 15.2. The molecule has 0 radical (unpaired) electrons. The predicted molar refractivity (Wildman–Crippen MR) is 90.4 cm³/mol. The summed E-state index contributed by atoms with van der Waals surface area (Å²) in [4.78, 5) is 7.28. The topological polar surface area (TPSA) is 54.2 Å². The summed E-state index contributed by atoms with van der Waals surface area (Å²) in [6, 6.07) is 12.7. The van der Waals surface area contributed by atoms with Crippen LogP contribution in [-0.4, -0.2) is 36.1 Å². The van der Waals surface area contributed by atoms with E-state index < -0.39 is 0 Å². The fourth-order valence-corrected chi connectivity index (χ4v) is 2.89. The highest BCUT2D eigenvalue weighted by Gasteiger charge is 2.12. The van der Waals surface area contributed by atoms with E-state index in [2.05, 4.69) is 47.5 Å². The van der Waals surface area contributed by atoms with E-state index >= 15 is 0 Å². The van der Waals surface area contributed by atoms with Crippen molar-refractivity contribution in [2.45, 2.75) is 20.0 Å². The molecule has 3 rings (SSSR count). The number of aromatic nitrogens is 1. The van der Waals surface area contributed by atoms with Crippen LogP contribution in [0.5, 0.6) is 0 Å². The molecule has 1 fully saturated rings. The number of nitrogens with zero attached hydrogens (tertiary/aromatic N) is 2. The Morgan fingerprint density at radius 2 is 2.00 bits per heavy atom. The highest BCUT2D eigenvalue weighted by Crippen LogP contribution is 2.21. The fraction of sp³-hybridized carbons (Fsp3) is 0.389. The van der Waals surface area contributed by atoms with Crippen LogP contribution >= 0.6 is 0 Å². The normalized spacial score (nSPS) is 15.9. The lowest BCUT2D eigenvalue weighted by molar-refractivity contribution is 0.232. The third kappa shape index (κ3) is 3.53. The zero-order chi connectivity index (χ0) is 15.4. The zero-order valence-electron chi connectivity index (χ0n) is 13.2. The number of pyridine rings is 1. The van der Waals surface area contributed by atoms with Crippen LogP contribution in [-0.2, 0) is 13.1 Å². The summed E-state index contributed by atoms with van der Waals surface area (Å²) in [6.45, 7) is 8.04. The molecule has 4 heteroatoms. The van der Waals surface area contributed by atoms with Crippen molar-refractivity contribution in [3.63, 3.8) is 0 Å². The molecule has 2 aromatic rings. The molecule has 0 spiro atoms. The van der Waals surface area contributed by atoms with Gasteiger partial charge in [0.2, 0.25) is 0 Å². The lowest BCUT2D eigenvalue weighted by Crippen LogP contribution is -2.43. The number of hydrogen-bond acceptors (Lipinski definition) is 4. The van der Waals surface area contributed by atoms with Crippen LogP contribution in [0.4, 0.5) is 0 Å². The minimum absolute atomic E-state index is 0.563. The quantitative estimate of drug-likeness (QED) is 0.905. The summed E-state index contributed by atoms with van der Waals surface area (Å²) in [5.41, 5.74) is 11.5. The minimum atomic E-state index is 0.563. The third-order valence-electron chi connectivity index (χ3n) is 4.26. The smallest absolute Gasteiger partial charge is 0.0705 e. The Morgan fingerprint density at radius 3 is 2.73 bits per heavy atom. The van der Waals surface area contributed by atoms with Gasteiger partial charge in [0.15, 0.2) is 0 Å². The van der Waals surface area contributed by atoms with Gasteiger partial charge < -0.3 is 11.1 Å². The maximum Gasteiger partial charge on any atom is 0.0705 e. The van der Waals surface area contributed by atoms with E-state index in [-0.39, 0.29) is 0 Å². The SMILES string of the molecule is Cc1nc(-c2cccc(CN)c2)ccc1CN1CCNCC1. The molecule has 22 heavy (non-hydrogen) atoms. The molecular formula is C18H24N4. The number of nitrogens with two attached hydrogens (primary N) is 1. The Kier molecular flexibility index (Phi) is 4.83. The van der Waals surface area contributed by atoms with Gasteiger partial charge in [0, 0.05) is 50.5 Å². The van der Waals surface area contributed by atoms with Crippen LogP contribution in [0.1, 0.15) is 16.8 Å². The van der Waals surface area contributed by atoms with Crippen molar-refractivity contribution in [3.05, 3.63) is 53.2 Å². The van der Waals surface area contributed by atoms with E-state index in [9.17, 15) is 0 Å². The molecule has 1 aromatic heterocycles. The van der Waals surface area contributed by atoms with E-state index in [0.717, 1.165) is 55.2 Å². The monoisotopic (exact) mass is 296 g/mol. The summed E-state index contributed by atoms with van der Waals surface area (Å²) >= 11 is 0. The highest BCUT2D eigenvalue weighted by molar-refractivity contribution is 5.60. The molecule has 1 aromatic carbocycles. The first-order valence-corrected chi connectivity index (χ1v) is 7.95. The van der Waals surface area contributed by atoms with Crippen LogP contribution in [0.25, 0.3) is 11.3 Å². The van der Waals surface area contributed by atoms with Crippen LogP contribution in [0.3, 0.4) is 0 Å². The Balaban J connectivity index is 1.79. The number of piperazine rings is 1. The summed E-state index contributed by atoms with van der Waals surface area (Å²) < 4.78 is 0. The maximum absolute atomic E-state index is 5.72. The van der Waals surface area contributed by atoms with Gasteiger partial charge in [0.1, 0.15) is 0 Å². The zero-order valence-corrected chi connectivity index (χ0v) is 13.2. The van der Waals surface area contributed by atoms with Gasteiger partial charge in [0.25, 0.3) is 0 Å². The number of rotatable bonds is 4. The van der Waals surface area contributed by atoms with Crippen LogP contribution in [0, 0.1) is 6.92 Å². The third-order valence-corrected chi connectivity index (χ3v) is 4.26. The second-order valence-corrected chi connectivity index (χ2v) is 5.87. The molecule has 0 unspecified atom stereocenters. The number of benzene rings is 1. The van der Waals surface area contributed by atoms with E-state index in [1.54, 1.807) is 0 Å². The van der Waals surface area contributed by atoms with Crippen LogP contribution < -0.4 is 11.1 Å². The summed E-state index contributed by atoms with van der Waals surface area (Å²) in [7, 11) is 0. The van der Waals surface area contributed by atoms with Crippen molar-refractivity contribution in [1.82, 2.24) is 15.2 Å². The predicted octanol–water partition coefficient (Wildman–Crippen LogP) is 1.92. The molecule has 1 saturated heterocycles. The molecular weight excluding hydrogens is 272 g/mol. The summed E-state index contributed by atoms with van der Waals surface area (Å²) in [6.07, 6.45) is 0. The molecule has 1 aliphatic heterocycles. The van der Waals surface area contributed by atoms with E-state index in [0.29, 0.717) is 6.54 Å². The summed E-state index contributed by atoms with van der Waals surface area (Å²) in [5.74, 6) is 0. The summed E-state index contributed by atoms with van der Waals surface area (Å²) in [5, 5.41) is 3.39. The van der Waals surface area contributed by atoms with Gasteiger partial charge in [-0.15, -0.1) is 0 Å². The number of nitrogens with one attached hydrogen (secondary N) is 1. The van der Waals surface area contributed by atoms with Gasteiger partial charge in [-0.3, -0.25) is 9.88 Å². The maximum atomic E-state index is 5.72. The second kappa shape index (κ2) is 7.01. The Hall–Kier alpha value is -1.75. The lowest BCUT2D eigenvalue weighted by atomic mass is 10.1. The minimum Gasteiger partial charge on any atom is -0.326 e. The molecule has 2 heterocycles. The van der Waals surface area contributed by atoms with Crippen molar-refractivity contribution in [2.75, 3.05) is 26.2 Å². The second-order valence-electron chi connectivity index (χ2n) is 5.87. The van der Waals surface area contributed by atoms with E-state index in [4.69, 9.17) is 10.7 Å². The van der Waals surface area contributed by atoms with Gasteiger partial charge >= 0.3 is 0 Å². The Morgan fingerprint density at radius 1 is 1.18 bits per heavy atom. The molecule has 0 atom stereocenters. The van der Waals surface area contributed by atoms with Crippen molar-refractivity contribution in [2.24, 2.45) is 5.73 Å². The van der Waals surface area contributed by atoms with Gasteiger partial charge in [-0.25, -0.2) is 0 Å². The first-order valence-electron chi connectivity index (χ1n) is 7.95. The van der Waals surface area contributed by atoms with E-state index in [1.165, 1.54) is 5.56 Å². The van der Waals surface area contributed by atoms with Gasteiger partial charge in [0.05, 0.1) is 5.69 Å². The number of aryl methyl sites for hydroxylation is 1. The van der Waals surface area contributed by atoms with Crippen molar-refractivity contribution >= 4 is 0 Å². The average molecular weight is 296 g/mol. The van der Waals surface area contributed by atoms with E-state index in [1.807, 2.05) is 6.07 Å². The lowest BCUT2D eigenvalue weighted by Gasteiger charge is -2.27. The Bertz CT molecular complexity index is 633. The molecule has 4 nitrogen and oxygen atoms in total. The molecule has 0 bridgehead atoms. The Labute approximate surface area is 132 Å². The van der Waals surface area contributed by atoms with Gasteiger partial charge in [-0.05, 0) is 30.2 Å². The van der Waals surface area contributed by atoms with Crippen molar-refractivity contribution < 1.29 is 0 Å². The molecule has 0 saturated carbocycles. The van der Waals surface area contributed by atoms with Crippen LogP contribution in [0.15, 0.2) is 36.4 Å². The fourth-order valence-electron chi connectivity index (χ4n) is 2.89. The van der Waals surface area contributed by atoms with Crippen molar-refractivity contribution in [3.8, 4) is 11.3 Å². The first kappa shape index (κ1) is 15.2. The average Bonchev–Trinajstić information content (AvgIpc) is 2.58. The standard InChI is InChI=1S/C18H24N4/c1-14-17(13-22-9-7-20-8-10-22)5-6-18(21-14)16-4-2-3-15(11-16)12-19/h2-6,11,20H,7-10,12-13,19H2,1H3.